The first-order valence-electron chi connectivity index (χ1n) is 5.79. The molecule has 0 bridgehead atoms. The monoisotopic (exact) mass is 255 g/mol. The van der Waals surface area contributed by atoms with E-state index in [9.17, 15) is 0 Å². The van der Waals surface area contributed by atoms with Gasteiger partial charge in [0.25, 0.3) is 0 Å². The maximum absolute atomic E-state index is 5.41. The van der Waals surface area contributed by atoms with Gasteiger partial charge in [0.15, 0.2) is 11.6 Å². The van der Waals surface area contributed by atoms with Crippen LogP contribution in [0, 0.1) is 0 Å². The van der Waals surface area contributed by atoms with Crippen molar-refractivity contribution in [2.75, 3.05) is 19.0 Å². The van der Waals surface area contributed by atoms with E-state index in [0.29, 0.717) is 0 Å². The van der Waals surface area contributed by atoms with E-state index < -0.39 is 0 Å². The van der Waals surface area contributed by atoms with Gasteiger partial charge in [0.2, 0.25) is 0 Å². The molecule has 1 rings (SSSR count). The molecule has 0 unspecified atom stereocenters. The summed E-state index contributed by atoms with van der Waals surface area (Å²) in [5, 5.41) is 4.13. The summed E-state index contributed by atoms with van der Waals surface area (Å²) in [5.74, 6) is 1.51. The van der Waals surface area contributed by atoms with Crippen molar-refractivity contribution in [3.8, 4) is 5.75 Å². The average Bonchev–Trinajstić information content (AvgIpc) is 2.24. The van der Waals surface area contributed by atoms with Crippen LogP contribution in [-0.4, -0.2) is 28.4 Å². The molecule has 0 saturated carbocycles. The molecule has 0 saturated heterocycles. The van der Waals surface area contributed by atoms with Crippen molar-refractivity contribution in [2.24, 2.45) is 0 Å². The van der Waals surface area contributed by atoms with Crippen molar-refractivity contribution in [1.82, 2.24) is 9.97 Å². The molecule has 0 aliphatic carbocycles. The van der Waals surface area contributed by atoms with Crippen LogP contribution in [0.1, 0.15) is 34.1 Å². The molecular weight excluding hydrogens is 234 g/mol. The zero-order valence-corrected chi connectivity index (χ0v) is 12.0. The average molecular weight is 255 g/mol. The molecule has 1 heterocycles. The minimum absolute atomic E-state index is 0.101. The van der Waals surface area contributed by atoms with Crippen molar-refractivity contribution in [1.29, 1.82) is 0 Å². The molecule has 0 radical (unpaired) electrons. The number of hydrogen-bond donors (Lipinski definition) is 1. The maximum atomic E-state index is 5.41. The van der Waals surface area contributed by atoms with Gasteiger partial charge < -0.3 is 10.1 Å². The van der Waals surface area contributed by atoms with Gasteiger partial charge in [-0.15, -0.1) is 0 Å². The number of anilines is 1. The van der Waals surface area contributed by atoms with E-state index >= 15 is 0 Å². The van der Waals surface area contributed by atoms with Gasteiger partial charge in [0, 0.05) is 11.3 Å². The molecule has 0 fully saturated rings. The van der Waals surface area contributed by atoms with Gasteiger partial charge in [0.1, 0.15) is 11.4 Å². The van der Waals surface area contributed by atoms with E-state index in [4.69, 9.17) is 4.74 Å². The number of aromatic nitrogens is 2. The van der Waals surface area contributed by atoms with Gasteiger partial charge in [-0.2, -0.15) is 0 Å². The summed E-state index contributed by atoms with van der Waals surface area (Å²) in [5.41, 5.74) is 0. The Morgan fingerprint density at radius 3 is 2.59 bits per heavy atom. The smallest absolute Gasteiger partial charge is 0.193 e. The third kappa shape index (κ3) is 4.42. The molecule has 0 spiro atoms. The Morgan fingerprint density at radius 1 is 1.35 bits per heavy atom. The fourth-order valence-corrected chi connectivity index (χ4v) is 2.23. The van der Waals surface area contributed by atoms with E-state index in [1.807, 2.05) is 0 Å². The number of nitrogens with one attached hydrogen (secondary N) is 1. The highest BCUT2D eigenvalue weighted by molar-refractivity contribution is 8.00. The fraction of sp³-hybridized carbons (Fsp3) is 0.667. The van der Waals surface area contributed by atoms with Crippen molar-refractivity contribution >= 4 is 17.6 Å². The van der Waals surface area contributed by atoms with Crippen LogP contribution < -0.4 is 10.1 Å². The SMILES string of the molecule is CCCNc1ncnc(SC(C)(C)C)c1OC. The van der Waals surface area contributed by atoms with Crippen molar-refractivity contribution in [2.45, 2.75) is 43.9 Å². The second kappa shape index (κ2) is 6.10. The number of nitrogens with zero attached hydrogens (tertiary/aromatic N) is 2. The third-order valence-corrected chi connectivity index (χ3v) is 3.02. The molecule has 96 valence electrons. The molecule has 1 aromatic heterocycles. The van der Waals surface area contributed by atoms with Crippen LogP contribution in [0.25, 0.3) is 0 Å². The number of thioether (sulfide) groups is 1. The first kappa shape index (κ1) is 14.1. The standard InChI is InChI=1S/C12H21N3OS/c1-6-7-13-10-9(16-5)11(15-8-14-10)17-12(2,3)4/h8H,6-7H2,1-5H3,(H,13,14,15). The van der Waals surface area contributed by atoms with Gasteiger partial charge >= 0.3 is 0 Å². The lowest BCUT2D eigenvalue weighted by Gasteiger charge is -2.19. The van der Waals surface area contributed by atoms with Crippen LogP contribution in [0.4, 0.5) is 5.82 Å². The molecule has 0 atom stereocenters. The second-order valence-electron chi connectivity index (χ2n) is 4.70. The largest absolute Gasteiger partial charge is 0.490 e. The van der Waals surface area contributed by atoms with Gasteiger partial charge in [-0.25, -0.2) is 9.97 Å². The first-order valence-corrected chi connectivity index (χ1v) is 6.61. The molecule has 1 N–H and O–H groups in total. The normalized spacial score (nSPS) is 11.4. The highest BCUT2D eigenvalue weighted by atomic mass is 32.2. The highest BCUT2D eigenvalue weighted by Crippen LogP contribution is 2.38. The number of rotatable bonds is 5. The summed E-state index contributed by atoms with van der Waals surface area (Å²) in [7, 11) is 1.66. The Balaban J connectivity index is 2.97. The Hall–Kier alpha value is -0.970. The van der Waals surface area contributed by atoms with Crippen molar-refractivity contribution < 1.29 is 4.74 Å². The molecule has 4 nitrogen and oxygen atoms in total. The van der Waals surface area contributed by atoms with Crippen LogP contribution >= 0.6 is 11.8 Å². The summed E-state index contributed by atoms with van der Waals surface area (Å²) >= 11 is 1.68. The topological polar surface area (TPSA) is 47.0 Å². The molecule has 0 aliphatic rings. The molecule has 0 aliphatic heterocycles. The van der Waals surface area contributed by atoms with Crippen molar-refractivity contribution in [3.05, 3.63) is 6.33 Å². The first-order chi connectivity index (χ1) is 7.98. The molecule has 1 aromatic rings. The number of methoxy groups -OCH3 is 1. The predicted molar refractivity (Wildman–Crippen MR) is 73.0 cm³/mol. The number of ether oxygens (including phenoxy) is 1. The quantitative estimate of drug-likeness (QED) is 0.646. The van der Waals surface area contributed by atoms with Gasteiger partial charge in [-0.1, -0.05) is 39.5 Å². The van der Waals surface area contributed by atoms with E-state index in [2.05, 4.69) is 43.0 Å². The molecule has 5 heteroatoms. The zero-order chi connectivity index (χ0) is 12.9. The van der Waals surface area contributed by atoms with Crippen LogP contribution in [0.5, 0.6) is 5.75 Å². The Bertz CT molecular complexity index is 363. The van der Waals surface area contributed by atoms with Crippen LogP contribution in [0.2, 0.25) is 0 Å². The second-order valence-corrected chi connectivity index (χ2v) is 6.52. The lowest BCUT2D eigenvalue weighted by atomic mass is 10.3. The van der Waals surface area contributed by atoms with Crippen LogP contribution in [-0.2, 0) is 0 Å². The summed E-state index contributed by atoms with van der Waals surface area (Å²) < 4.78 is 5.51. The lowest BCUT2D eigenvalue weighted by molar-refractivity contribution is 0.400. The summed E-state index contributed by atoms with van der Waals surface area (Å²) in [6, 6.07) is 0. The minimum Gasteiger partial charge on any atom is -0.490 e. The predicted octanol–water partition coefficient (Wildman–Crippen LogP) is 3.20. The Kier molecular flexibility index (Phi) is 5.05. The highest BCUT2D eigenvalue weighted by Gasteiger charge is 2.19. The molecule has 0 amide bonds. The van der Waals surface area contributed by atoms with Gasteiger partial charge in [-0.05, 0) is 6.42 Å². The van der Waals surface area contributed by atoms with E-state index in [-0.39, 0.29) is 4.75 Å². The maximum Gasteiger partial charge on any atom is 0.193 e. The van der Waals surface area contributed by atoms with E-state index in [1.165, 1.54) is 0 Å². The fourth-order valence-electron chi connectivity index (χ4n) is 1.27. The van der Waals surface area contributed by atoms with Gasteiger partial charge in [0.05, 0.1) is 7.11 Å². The van der Waals surface area contributed by atoms with Gasteiger partial charge in [-0.3, -0.25) is 0 Å². The molecule has 0 aromatic carbocycles. The Morgan fingerprint density at radius 2 is 2.06 bits per heavy atom. The van der Waals surface area contributed by atoms with Crippen molar-refractivity contribution in [3.63, 3.8) is 0 Å². The third-order valence-electron chi connectivity index (χ3n) is 1.92. The lowest BCUT2D eigenvalue weighted by Crippen LogP contribution is -2.10. The van der Waals surface area contributed by atoms with Crippen LogP contribution in [0.3, 0.4) is 0 Å². The van der Waals surface area contributed by atoms with Crippen LogP contribution in [0.15, 0.2) is 11.4 Å². The summed E-state index contributed by atoms with van der Waals surface area (Å²) in [6.07, 6.45) is 2.63. The molecule has 17 heavy (non-hydrogen) atoms. The Labute approximate surface area is 108 Å². The molecular formula is C12H21N3OS. The minimum atomic E-state index is 0.101. The summed E-state index contributed by atoms with van der Waals surface area (Å²) in [4.78, 5) is 8.51. The summed E-state index contributed by atoms with van der Waals surface area (Å²) in [6.45, 7) is 9.45. The number of hydrogen-bond acceptors (Lipinski definition) is 5. The van der Waals surface area contributed by atoms with E-state index in [1.54, 1.807) is 25.2 Å². The van der Waals surface area contributed by atoms with E-state index in [0.717, 1.165) is 29.6 Å². The zero-order valence-electron chi connectivity index (χ0n) is 11.2.